The number of ether oxygens (including phenoxy) is 1. The molecule has 0 aliphatic rings. The van der Waals surface area contributed by atoms with Crippen LogP contribution in [-0.2, 0) is 0 Å². The average Bonchev–Trinajstić information content (AvgIpc) is 2.06. The quantitative estimate of drug-likeness (QED) is 0.615. The van der Waals surface area contributed by atoms with Crippen molar-refractivity contribution in [2.24, 2.45) is 0 Å². The van der Waals surface area contributed by atoms with Crippen LogP contribution in [0.1, 0.15) is 6.92 Å². The van der Waals surface area contributed by atoms with Crippen molar-refractivity contribution in [3.63, 3.8) is 0 Å². The van der Waals surface area contributed by atoms with Crippen LogP contribution in [0.5, 0.6) is 5.75 Å². The molecule has 0 amide bonds. The van der Waals surface area contributed by atoms with E-state index >= 15 is 0 Å². The minimum atomic E-state index is 0.751. The average molecular weight is 164 g/mol. The normalized spacial score (nSPS) is 9.64. The Hall–Kier alpha value is -0.763. The molecule has 0 aromatic heterocycles. The molecule has 58 valence electrons. The molecule has 0 aliphatic carbocycles. The Kier molecular flexibility index (Phi) is 3.17. The van der Waals surface area contributed by atoms with Gasteiger partial charge in [0.25, 0.3) is 0 Å². The lowest BCUT2D eigenvalue weighted by Gasteiger charge is -2.06. The summed E-state index contributed by atoms with van der Waals surface area (Å²) in [5.74, 6) is 1.04. The molecule has 0 spiro atoms. The molecule has 0 saturated carbocycles. The molecular formula is C9H12OSi. The van der Waals surface area contributed by atoms with Gasteiger partial charge in [0, 0.05) is 0 Å². The van der Waals surface area contributed by atoms with Crippen LogP contribution in [-0.4, -0.2) is 16.1 Å². The largest absolute Gasteiger partial charge is 0.494 e. The number of para-hydroxylation sites is 1. The van der Waals surface area contributed by atoms with E-state index in [1.165, 1.54) is 5.19 Å². The van der Waals surface area contributed by atoms with Crippen molar-refractivity contribution in [3.05, 3.63) is 24.3 Å². The summed E-state index contributed by atoms with van der Waals surface area (Å²) in [6.45, 7) is 4.93. The third-order valence-corrected chi connectivity index (χ3v) is 2.41. The van der Waals surface area contributed by atoms with Gasteiger partial charge in [-0.1, -0.05) is 24.7 Å². The van der Waals surface area contributed by atoms with Crippen LogP contribution in [0.15, 0.2) is 24.3 Å². The molecule has 0 N–H and O–H groups in total. The first-order chi connectivity index (χ1) is 5.38. The van der Waals surface area contributed by atoms with Crippen LogP contribution in [0.4, 0.5) is 0 Å². The van der Waals surface area contributed by atoms with Crippen LogP contribution < -0.4 is 9.92 Å². The van der Waals surface area contributed by atoms with Crippen molar-refractivity contribution < 1.29 is 4.74 Å². The standard InChI is InChI=1S/C9H12OSi/c1-3-10-8-6-4-5-7-9(8)11-2/h4-7H,3H2,1-2H3. The summed E-state index contributed by atoms with van der Waals surface area (Å²) in [4.78, 5) is 0. The number of benzene rings is 1. The van der Waals surface area contributed by atoms with Crippen molar-refractivity contribution in [3.8, 4) is 5.75 Å². The molecule has 1 aromatic rings. The van der Waals surface area contributed by atoms with E-state index in [1.807, 2.05) is 25.1 Å². The van der Waals surface area contributed by atoms with Crippen molar-refractivity contribution in [2.75, 3.05) is 6.61 Å². The molecular weight excluding hydrogens is 152 g/mol. The van der Waals surface area contributed by atoms with Gasteiger partial charge in [0.2, 0.25) is 0 Å². The monoisotopic (exact) mass is 164 g/mol. The number of hydrogen-bond acceptors (Lipinski definition) is 1. The predicted molar refractivity (Wildman–Crippen MR) is 48.9 cm³/mol. The second-order valence-corrected chi connectivity index (χ2v) is 3.22. The van der Waals surface area contributed by atoms with Gasteiger partial charge in [0.05, 0.1) is 16.1 Å². The van der Waals surface area contributed by atoms with Crippen LogP contribution in [0.3, 0.4) is 0 Å². The number of rotatable bonds is 3. The van der Waals surface area contributed by atoms with E-state index in [0.717, 1.165) is 21.9 Å². The SMILES string of the molecule is CCOc1ccccc1[Si]C. The zero-order valence-electron chi connectivity index (χ0n) is 6.92. The molecule has 1 nitrogen and oxygen atoms in total. The van der Waals surface area contributed by atoms with E-state index in [-0.39, 0.29) is 0 Å². The van der Waals surface area contributed by atoms with Gasteiger partial charge in [-0.2, -0.15) is 0 Å². The first kappa shape index (κ1) is 8.33. The number of hydrogen-bond donors (Lipinski definition) is 0. The first-order valence-electron chi connectivity index (χ1n) is 3.78. The van der Waals surface area contributed by atoms with Gasteiger partial charge in [-0.25, -0.2) is 0 Å². The molecule has 2 radical (unpaired) electrons. The third kappa shape index (κ3) is 2.08. The summed E-state index contributed by atoms with van der Waals surface area (Å²) in [5, 5.41) is 1.31. The van der Waals surface area contributed by atoms with Crippen LogP contribution in [0.2, 0.25) is 6.55 Å². The molecule has 0 fully saturated rings. The lowest BCUT2D eigenvalue weighted by molar-refractivity contribution is 0.343. The van der Waals surface area contributed by atoms with E-state index in [1.54, 1.807) is 0 Å². The summed E-state index contributed by atoms with van der Waals surface area (Å²) < 4.78 is 5.43. The summed E-state index contributed by atoms with van der Waals surface area (Å²) in [6, 6.07) is 8.20. The van der Waals surface area contributed by atoms with Gasteiger partial charge in [-0.15, -0.1) is 0 Å². The Balaban J connectivity index is 2.83. The zero-order chi connectivity index (χ0) is 8.10. The molecule has 2 heteroatoms. The minimum absolute atomic E-state index is 0.751. The molecule has 0 atom stereocenters. The van der Waals surface area contributed by atoms with Crippen LogP contribution in [0.25, 0.3) is 0 Å². The van der Waals surface area contributed by atoms with Gasteiger partial charge in [0.15, 0.2) is 0 Å². The molecule has 1 rings (SSSR count). The van der Waals surface area contributed by atoms with Crippen molar-refractivity contribution in [1.29, 1.82) is 0 Å². The maximum Gasteiger partial charge on any atom is 0.117 e. The summed E-state index contributed by atoms with van der Waals surface area (Å²) >= 11 is 0. The van der Waals surface area contributed by atoms with E-state index < -0.39 is 0 Å². The molecule has 0 aliphatic heterocycles. The fourth-order valence-electron chi connectivity index (χ4n) is 0.955. The maximum atomic E-state index is 5.43. The smallest absolute Gasteiger partial charge is 0.117 e. The Morgan fingerprint density at radius 3 is 2.73 bits per heavy atom. The van der Waals surface area contributed by atoms with Gasteiger partial charge >= 0.3 is 0 Å². The highest BCUT2D eigenvalue weighted by atomic mass is 28.2. The summed E-state index contributed by atoms with van der Waals surface area (Å²) in [6.07, 6.45) is 0. The highest BCUT2D eigenvalue weighted by molar-refractivity contribution is 6.53. The van der Waals surface area contributed by atoms with E-state index in [9.17, 15) is 0 Å². The lowest BCUT2D eigenvalue weighted by Crippen LogP contribution is -2.14. The van der Waals surface area contributed by atoms with Crippen LogP contribution in [0, 0.1) is 0 Å². The predicted octanol–water partition coefficient (Wildman–Crippen LogP) is 1.46. The second kappa shape index (κ2) is 4.19. The van der Waals surface area contributed by atoms with Gasteiger partial charge < -0.3 is 4.74 Å². The molecule has 0 saturated heterocycles. The summed E-state index contributed by atoms with van der Waals surface area (Å²) in [7, 11) is 0.814. The molecule has 11 heavy (non-hydrogen) atoms. The second-order valence-electron chi connectivity index (χ2n) is 2.18. The summed E-state index contributed by atoms with van der Waals surface area (Å²) in [5.41, 5.74) is 0. The third-order valence-electron chi connectivity index (χ3n) is 1.46. The molecule has 0 heterocycles. The van der Waals surface area contributed by atoms with Crippen molar-refractivity contribution in [1.82, 2.24) is 0 Å². The lowest BCUT2D eigenvalue weighted by atomic mass is 10.3. The van der Waals surface area contributed by atoms with Crippen molar-refractivity contribution >= 4 is 14.7 Å². The van der Waals surface area contributed by atoms with Gasteiger partial charge in [0.1, 0.15) is 5.75 Å². The Morgan fingerprint density at radius 1 is 1.36 bits per heavy atom. The fourth-order valence-corrected chi connectivity index (χ4v) is 1.62. The topological polar surface area (TPSA) is 9.23 Å². The van der Waals surface area contributed by atoms with E-state index in [0.29, 0.717) is 0 Å². The van der Waals surface area contributed by atoms with Crippen LogP contribution >= 0.6 is 0 Å². The molecule has 1 aromatic carbocycles. The maximum absolute atomic E-state index is 5.43. The fraction of sp³-hybridized carbons (Fsp3) is 0.333. The first-order valence-corrected chi connectivity index (χ1v) is 5.28. The van der Waals surface area contributed by atoms with E-state index in [2.05, 4.69) is 12.6 Å². The Labute approximate surface area is 70.2 Å². The molecule has 0 unspecified atom stereocenters. The van der Waals surface area contributed by atoms with E-state index in [4.69, 9.17) is 4.74 Å². The van der Waals surface area contributed by atoms with Gasteiger partial charge in [-0.3, -0.25) is 0 Å². The molecule has 0 bridgehead atoms. The van der Waals surface area contributed by atoms with Gasteiger partial charge in [-0.05, 0) is 18.2 Å². The zero-order valence-corrected chi connectivity index (χ0v) is 7.92. The highest BCUT2D eigenvalue weighted by Crippen LogP contribution is 2.04. The Morgan fingerprint density at radius 2 is 2.09 bits per heavy atom. The van der Waals surface area contributed by atoms with Crippen molar-refractivity contribution in [2.45, 2.75) is 13.5 Å². The Bertz CT molecular complexity index is 223. The highest BCUT2D eigenvalue weighted by Gasteiger charge is 1.97. The minimum Gasteiger partial charge on any atom is -0.494 e.